The Kier molecular flexibility index (Phi) is 10.3. The Morgan fingerprint density at radius 3 is 2.34 bits per heavy atom. The molecule has 0 heterocycles. The second kappa shape index (κ2) is 12.9. The Labute approximate surface area is 211 Å². The lowest BCUT2D eigenvalue weighted by atomic mass is 10.0. The van der Waals surface area contributed by atoms with Crippen LogP contribution in [-0.4, -0.2) is 52.9 Å². The second-order valence-electron chi connectivity index (χ2n) is 9.08. The molecular formula is C26H33ClN4O4. The number of aliphatic carboxylic acids is 1. The number of guanidine groups is 1. The molecule has 0 radical (unpaired) electrons. The molecule has 0 aliphatic heterocycles. The first kappa shape index (κ1) is 27.9. The van der Waals surface area contributed by atoms with Gasteiger partial charge in [-0.15, -0.1) is 0 Å². The van der Waals surface area contributed by atoms with Gasteiger partial charge in [0.25, 0.3) is 0 Å². The minimum atomic E-state index is -1.01. The van der Waals surface area contributed by atoms with Gasteiger partial charge in [0.1, 0.15) is 0 Å². The summed E-state index contributed by atoms with van der Waals surface area (Å²) < 4.78 is 0. The lowest BCUT2D eigenvalue weighted by molar-refractivity contribution is -0.141. The number of benzene rings is 2. The summed E-state index contributed by atoms with van der Waals surface area (Å²) in [5, 5.41) is 12.4. The number of aliphatic imine (C=N–C) groups is 1. The van der Waals surface area contributed by atoms with E-state index in [1.807, 2.05) is 37.3 Å². The first-order valence-corrected chi connectivity index (χ1v) is 11.8. The number of carboxylic acids is 1. The summed E-state index contributed by atoms with van der Waals surface area (Å²) in [5.41, 5.74) is 3.39. The molecule has 2 aromatic carbocycles. The minimum Gasteiger partial charge on any atom is -0.481 e. The lowest BCUT2D eigenvalue weighted by Gasteiger charge is -2.24. The number of hydrogen-bond donors (Lipinski definition) is 2. The number of urea groups is 1. The summed E-state index contributed by atoms with van der Waals surface area (Å²) in [6.07, 6.45) is 1.40. The first-order chi connectivity index (χ1) is 16.5. The van der Waals surface area contributed by atoms with E-state index in [1.54, 1.807) is 12.1 Å². The van der Waals surface area contributed by atoms with Crippen LogP contribution in [0.25, 0.3) is 0 Å². The van der Waals surface area contributed by atoms with Crippen LogP contribution in [0.15, 0.2) is 47.5 Å². The molecule has 8 nitrogen and oxygen atoms in total. The molecule has 2 rings (SSSR count). The summed E-state index contributed by atoms with van der Waals surface area (Å²) in [5.74, 6) is -1.33. The summed E-state index contributed by atoms with van der Waals surface area (Å²) in [6, 6.07) is 12.4. The Morgan fingerprint density at radius 2 is 1.80 bits per heavy atom. The molecule has 0 aliphatic carbocycles. The van der Waals surface area contributed by atoms with E-state index >= 15 is 0 Å². The van der Waals surface area contributed by atoms with Crippen LogP contribution in [0.2, 0.25) is 5.02 Å². The van der Waals surface area contributed by atoms with E-state index in [-0.39, 0.29) is 19.0 Å². The number of carbonyl (C=O) groups excluding carboxylic acids is 2. The topological polar surface area (TPSA) is 102 Å². The monoisotopic (exact) mass is 500 g/mol. The van der Waals surface area contributed by atoms with Crippen molar-refractivity contribution < 1.29 is 19.5 Å². The molecule has 1 atom stereocenters. The Balaban J connectivity index is 2.37. The molecule has 0 saturated carbocycles. The van der Waals surface area contributed by atoms with Gasteiger partial charge >= 0.3 is 12.0 Å². The Morgan fingerprint density at radius 1 is 1.14 bits per heavy atom. The highest BCUT2D eigenvalue weighted by Gasteiger charge is 2.21. The van der Waals surface area contributed by atoms with Gasteiger partial charge in [-0.3, -0.25) is 19.8 Å². The summed E-state index contributed by atoms with van der Waals surface area (Å²) >= 11 is 6.45. The van der Waals surface area contributed by atoms with Gasteiger partial charge in [0.15, 0.2) is 0 Å². The molecule has 2 aromatic rings. The fourth-order valence-electron chi connectivity index (χ4n) is 3.31. The van der Waals surface area contributed by atoms with Gasteiger partial charge in [-0.05, 0) is 42.5 Å². The van der Waals surface area contributed by atoms with E-state index in [4.69, 9.17) is 16.7 Å². The van der Waals surface area contributed by atoms with Gasteiger partial charge in [0.05, 0.1) is 18.2 Å². The molecule has 1 unspecified atom stereocenters. The van der Waals surface area contributed by atoms with Crippen molar-refractivity contribution in [3.63, 3.8) is 0 Å². The van der Waals surface area contributed by atoms with Crippen LogP contribution in [0.4, 0.5) is 10.5 Å². The number of carbonyl (C=O) groups is 3. The highest BCUT2D eigenvalue weighted by Crippen LogP contribution is 2.25. The molecule has 0 fully saturated rings. The van der Waals surface area contributed by atoms with Crippen molar-refractivity contribution in [3.05, 3.63) is 64.2 Å². The van der Waals surface area contributed by atoms with Gasteiger partial charge in [-0.2, -0.15) is 0 Å². The molecule has 9 heteroatoms. The van der Waals surface area contributed by atoms with Crippen LogP contribution in [0.3, 0.4) is 0 Å². The Hall–Kier alpha value is -3.39. The molecule has 3 amide bonds. The largest absolute Gasteiger partial charge is 0.481 e. The van der Waals surface area contributed by atoms with Crippen molar-refractivity contribution in [2.45, 2.75) is 40.7 Å². The number of rotatable bonds is 9. The van der Waals surface area contributed by atoms with E-state index in [0.29, 0.717) is 23.0 Å². The average molecular weight is 501 g/mol. The van der Waals surface area contributed by atoms with Crippen LogP contribution in [0.5, 0.6) is 0 Å². The minimum absolute atomic E-state index is 0.00748. The van der Waals surface area contributed by atoms with Crippen molar-refractivity contribution in [2.75, 3.05) is 13.6 Å². The van der Waals surface area contributed by atoms with Crippen LogP contribution in [0, 0.1) is 18.8 Å². The number of halogens is 1. The SMILES string of the molecule is Cc1ccc(CN(C=O)C(=Nc2ccc(CC(C)C)c(Cl)c2)NC(=O)N(C)CC(C)C(=O)O)cc1. The summed E-state index contributed by atoms with van der Waals surface area (Å²) in [6.45, 7) is 7.85. The van der Waals surface area contributed by atoms with Gasteiger partial charge in [0, 0.05) is 18.6 Å². The molecule has 0 bridgehead atoms. The number of hydrogen-bond acceptors (Lipinski definition) is 4. The maximum absolute atomic E-state index is 12.8. The first-order valence-electron chi connectivity index (χ1n) is 11.4. The van der Waals surface area contributed by atoms with E-state index < -0.39 is 17.9 Å². The van der Waals surface area contributed by atoms with E-state index in [1.165, 1.54) is 23.8 Å². The van der Waals surface area contributed by atoms with Crippen LogP contribution in [0.1, 0.15) is 37.5 Å². The molecule has 35 heavy (non-hydrogen) atoms. The van der Waals surface area contributed by atoms with Gasteiger partial charge in [0.2, 0.25) is 12.4 Å². The van der Waals surface area contributed by atoms with Crippen LogP contribution >= 0.6 is 11.6 Å². The van der Waals surface area contributed by atoms with Crippen LogP contribution < -0.4 is 5.32 Å². The fourth-order valence-corrected chi connectivity index (χ4v) is 3.56. The molecular weight excluding hydrogens is 468 g/mol. The third kappa shape index (κ3) is 8.72. The molecule has 0 saturated heterocycles. The van der Waals surface area contributed by atoms with Crippen LogP contribution in [-0.2, 0) is 22.6 Å². The van der Waals surface area contributed by atoms with Crippen molar-refractivity contribution in [3.8, 4) is 0 Å². The van der Waals surface area contributed by atoms with Gasteiger partial charge < -0.3 is 10.0 Å². The highest BCUT2D eigenvalue weighted by atomic mass is 35.5. The molecule has 0 spiro atoms. The van der Waals surface area contributed by atoms with E-state index in [9.17, 15) is 14.4 Å². The zero-order valence-electron chi connectivity index (χ0n) is 20.8. The number of aryl methyl sites for hydroxylation is 1. The van der Waals surface area contributed by atoms with Crippen molar-refractivity contribution in [2.24, 2.45) is 16.8 Å². The van der Waals surface area contributed by atoms with Gasteiger partial charge in [-0.1, -0.05) is 68.3 Å². The van der Waals surface area contributed by atoms with Crippen molar-refractivity contribution in [1.29, 1.82) is 0 Å². The van der Waals surface area contributed by atoms with Gasteiger partial charge in [-0.25, -0.2) is 9.79 Å². The third-order valence-electron chi connectivity index (χ3n) is 5.31. The smallest absolute Gasteiger partial charge is 0.323 e. The number of amides is 3. The maximum atomic E-state index is 12.8. The molecule has 0 aliphatic rings. The normalized spacial score (nSPS) is 12.3. The zero-order valence-corrected chi connectivity index (χ0v) is 21.5. The lowest BCUT2D eigenvalue weighted by Crippen LogP contribution is -2.49. The van der Waals surface area contributed by atoms with Crippen molar-refractivity contribution in [1.82, 2.24) is 15.1 Å². The van der Waals surface area contributed by atoms with E-state index in [2.05, 4.69) is 24.2 Å². The summed E-state index contributed by atoms with van der Waals surface area (Å²) in [4.78, 5) is 43.1. The quantitative estimate of drug-likeness (QED) is 0.291. The fraction of sp³-hybridized carbons (Fsp3) is 0.385. The standard InChI is InChI=1S/C26H33ClN4O4/c1-17(2)12-21-10-11-22(13-23(21)27)28-25(29-26(35)30(5)14-19(4)24(33)34)31(16-32)15-20-8-6-18(3)7-9-20/h6-11,13,16-17,19H,12,14-15H2,1-5H3,(H,33,34)(H,28,29,35). The average Bonchev–Trinajstić information content (AvgIpc) is 2.79. The summed E-state index contributed by atoms with van der Waals surface area (Å²) in [7, 11) is 1.48. The number of nitrogens with zero attached hydrogens (tertiary/aromatic N) is 3. The third-order valence-corrected chi connectivity index (χ3v) is 5.66. The number of nitrogens with one attached hydrogen (secondary N) is 1. The zero-order chi connectivity index (χ0) is 26.1. The molecule has 188 valence electrons. The second-order valence-corrected chi connectivity index (χ2v) is 9.49. The maximum Gasteiger partial charge on any atom is 0.323 e. The molecule has 2 N–H and O–H groups in total. The molecule has 0 aromatic heterocycles. The predicted octanol–water partition coefficient (Wildman–Crippen LogP) is 4.86. The predicted molar refractivity (Wildman–Crippen MR) is 138 cm³/mol. The van der Waals surface area contributed by atoms with Crippen molar-refractivity contribution >= 4 is 41.7 Å². The van der Waals surface area contributed by atoms with E-state index in [0.717, 1.165) is 23.1 Å². The Bertz CT molecular complexity index is 1070. The highest BCUT2D eigenvalue weighted by molar-refractivity contribution is 6.31. The number of carboxylic acid groups (broad SMARTS) is 1.